The van der Waals surface area contributed by atoms with Crippen molar-refractivity contribution in [2.45, 2.75) is 43.4 Å². The summed E-state index contributed by atoms with van der Waals surface area (Å²) in [6.07, 6.45) is 3.82. The van der Waals surface area contributed by atoms with E-state index in [0.717, 1.165) is 36.1 Å². The zero-order valence-electron chi connectivity index (χ0n) is 15.8. The van der Waals surface area contributed by atoms with Crippen molar-refractivity contribution in [3.63, 3.8) is 0 Å². The number of fused-ring (bicyclic) bond motifs is 1. The molecule has 1 N–H and O–H groups in total. The number of sulfonamides is 1. The number of amides is 1. The molecule has 150 valence electrons. The molecule has 0 saturated heterocycles. The molecule has 1 aliphatic heterocycles. The Morgan fingerprint density at radius 1 is 1.29 bits per heavy atom. The second kappa shape index (κ2) is 7.75. The number of benzene rings is 1. The van der Waals surface area contributed by atoms with Crippen molar-refractivity contribution < 1.29 is 17.9 Å². The largest absolute Gasteiger partial charge is 0.494 e. The Balaban J connectivity index is 1.47. The number of thiophene rings is 1. The molecule has 2 heterocycles. The first-order valence-corrected chi connectivity index (χ1v) is 11.9. The first-order chi connectivity index (χ1) is 13.5. The Morgan fingerprint density at radius 3 is 2.68 bits per heavy atom. The van der Waals surface area contributed by atoms with Gasteiger partial charge in [-0.15, -0.1) is 11.3 Å². The summed E-state index contributed by atoms with van der Waals surface area (Å²) in [5, 5.41) is 0. The topological polar surface area (TPSA) is 75.7 Å². The minimum atomic E-state index is -3.66. The van der Waals surface area contributed by atoms with Crippen LogP contribution in [0.25, 0.3) is 0 Å². The van der Waals surface area contributed by atoms with E-state index in [1.54, 1.807) is 30.3 Å². The Morgan fingerprint density at radius 2 is 2.04 bits per heavy atom. The predicted molar refractivity (Wildman–Crippen MR) is 109 cm³/mol. The highest BCUT2D eigenvalue weighted by atomic mass is 32.2. The molecule has 1 saturated carbocycles. The van der Waals surface area contributed by atoms with Crippen LogP contribution in [0, 0.1) is 5.92 Å². The van der Waals surface area contributed by atoms with Crippen LogP contribution in [-0.2, 0) is 27.8 Å². The van der Waals surface area contributed by atoms with Crippen LogP contribution in [0.15, 0.2) is 34.5 Å². The van der Waals surface area contributed by atoms with Gasteiger partial charge in [-0.25, -0.2) is 8.42 Å². The van der Waals surface area contributed by atoms with E-state index in [0.29, 0.717) is 35.3 Å². The molecule has 4 rings (SSSR count). The highest BCUT2D eigenvalue weighted by Gasteiger charge is 2.32. The average molecular weight is 421 g/mol. The van der Waals surface area contributed by atoms with E-state index >= 15 is 0 Å². The van der Waals surface area contributed by atoms with Crippen molar-refractivity contribution in [3.8, 4) is 5.75 Å². The molecule has 28 heavy (non-hydrogen) atoms. The summed E-state index contributed by atoms with van der Waals surface area (Å²) in [4.78, 5) is 15.4. The van der Waals surface area contributed by atoms with Crippen LogP contribution in [0.3, 0.4) is 0 Å². The lowest BCUT2D eigenvalue weighted by atomic mass is 9.84. The molecule has 1 amide bonds. The fraction of sp³-hybridized carbons (Fsp3) is 0.450. The van der Waals surface area contributed by atoms with Gasteiger partial charge < -0.3 is 9.64 Å². The van der Waals surface area contributed by atoms with Gasteiger partial charge in [0.1, 0.15) is 9.96 Å². The zero-order valence-corrected chi connectivity index (χ0v) is 17.4. The second-order valence-electron chi connectivity index (χ2n) is 7.21. The van der Waals surface area contributed by atoms with Crippen LogP contribution in [0.5, 0.6) is 5.75 Å². The van der Waals surface area contributed by atoms with Gasteiger partial charge in [0.05, 0.1) is 6.61 Å². The Kier molecular flexibility index (Phi) is 5.33. The molecular weight excluding hydrogens is 396 g/mol. The highest BCUT2D eigenvalue weighted by Crippen LogP contribution is 2.34. The monoisotopic (exact) mass is 420 g/mol. The second-order valence-corrected chi connectivity index (χ2v) is 10.3. The minimum Gasteiger partial charge on any atom is -0.494 e. The van der Waals surface area contributed by atoms with Gasteiger partial charge in [-0.2, -0.15) is 0 Å². The molecule has 6 nitrogen and oxygen atoms in total. The maximum atomic E-state index is 12.8. The third-order valence-corrected chi connectivity index (χ3v) is 8.38. The van der Waals surface area contributed by atoms with Crippen molar-refractivity contribution in [2.75, 3.05) is 17.9 Å². The van der Waals surface area contributed by atoms with Gasteiger partial charge in [0.25, 0.3) is 10.0 Å². The third-order valence-electron chi connectivity index (χ3n) is 5.29. The molecule has 0 bridgehead atoms. The van der Waals surface area contributed by atoms with Crippen molar-refractivity contribution in [1.29, 1.82) is 0 Å². The van der Waals surface area contributed by atoms with Crippen LogP contribution < -0.4 is 9.46 Å². The summed E-state index contributed by atoms with van der Waals surface area (Å²) in [5.74, 6) is 1.10. The Labute approximate surface area is 169 Å². The molecule has 1 aromatic carbocycles. The Hall–Kier alpha value is -2.06. The van der Waals surface area contributed by atoms with Crippen LogP contribution in [0.1, 0.15) is 36.6 Å². The quantitative estimate of drug-likeness (QED) is 0.774. The first-order valence-electron chi connectivity index (χ1n) is 9.62. The normalized spacial score (nSPS) is 17.0. The van der Waals surface area contributed by atoms with Crippen molar-refractivity contribution in [1.82, 2.24) is 4.90 Å². The Bertz CT molecular complexity index is 963. The molecular formula is C20H24N2O4S2. The van der Waals surface area contributed by atoms with E-state index in [1.165, 1.54) is 11.3 Å². The molecule has 0 unspecified atom stereocenters. The van der Waals surface area contributed by atoms with E-state index in [9.17, 15) is 13.2 Å². The number of carbonyl (C=O) groups excluding carboxylic acids is 1. The summed E-state index contributed by atoms with van der Waals surface area (Å²) in [6.45, 7) is 3.65. The number of hydrogen-bond donors (Lipinski definition) is 1. The standard InChI is InChI=1S/C20H24N2O4S2/c1-2-26-17-8-6-16(7-9-17)21-28(24,25)19-12-15-13-22(11-10-18(15)27-19)20(23)14-4-3-5-14/h6-9,12,14,21H,2-5,10-11,13H2,1H3. The van der Waals surface area contributed by atoms with Crippen LogP contribution in [0.2, 0.25) is 0 Å². The molecule has 2 aromatic rings. The van der Waals surface area contributed by atoms with Gasteiger partial charge in [0.15, 0.2) is 0 Å². The molecule has 0 atom stereocenters. The fourth-order valence-corrected chi connectivity index (χ4v) is 6.13. The zero-order chi connectivity index (χ0) is 19.7. The van der Waals surface area contributed by atoms with Crippen LogP contribution in [0.4, 0.5) is 5.69 Å². The lowest BCUT2D eigenvalue weighted by molar-refractivity contribution is -0.139. The SMILES string of the molecule is CCOc1ccc(NS(=O)(=O)c2cc3c(s2)CCN(C(=O)C2CCC2)C3)cc1. The molecule has 0 radical (unpaired) electrons. The highest BCUT2D eigenvalue weighted by molar-refractivity contribution is 7.94. The molecule has 1 aromatic heterocycles. The number of hydrogen-bond acceptors (Lipinski definition) is 5. The number of rotatable bonds is 6. The summed E-state index contributed by atoms with van der Waals surface area (Å²) in [5.41, 5.74) is 1.45. The van der Waals surface area contributed by atoms with Gasteiger partial charge in [-0.1, -0.05) is 6.42 Å². The minimum absolute atomic E-state index is 0.171. The van der Waals surface area contributed by atoms with Crippen molar-refractivity contribution >= 4 is 33.0 Å². The fourth-order valence-electron chi connectivity index (χ4n) is 3.53. The van der Waals surface area contributed by atoms with Gasteiger partial charge in [-0.3, -0.25) is 9.52 Å². The van der Waals surface area contributed by atoms with E-state index in [-0.39, 0.29) is 11.8 Å². The summed E-state index contributed by atoms with van der Waals surface area (Å²) in [6, 6.07) is 8.58. The van der Waals surface area contributed by atoms with Crippen LogP contribution >= 0.6 is 11.3 Å². The predicted octanol–water partition coefficient (Wildman–Crippen LogP) is 3.63. The number of anilines is 1. The van der Waals surface area contributed by atoms with Crippen molar-refractivity contribution in [3.05, 3.63) is 40.8 Å². The van der Waals surface area contributed by atoms with E-state index < -0.39 is 10.0 Å². The third kappa shape index (κ3) is 3.89. The lowest BCUT2D eigenvalue weighted by Gasteiger charge is -2.33. The van der Waals surface area contributed by atoms with Crippen LogP contribution in [-0.4, -0.2) is 32.4 Å². The number of ether oxygens (including phenoxy) is 1. The summed E-state index contributed by atoms with van der Waals surface area (Å²) < 4.78 is 33.9. The summed E-state index contributed by atoms with van der Waals surface area (Å²) >= 11 is 1.30. The van der Waals surface area contributed by atoms with Crippen molar-refractivity contribution in [2.24, 2.45) is 5.92 Å². The molecule has 1 fully saturated rings. The molecule has 1 aliphatic carbocycles. The van der Waals surface area contributed by atoms with Gasteiger partial charge >= 0.3 is 0 Å². The van der Waals surface area contributed by atoms with Gasteiger partial charge in [0.2, 0.25) is 5.91 Å². The van der Waals surface area contributed by atoms with Gasteiger partial charge in [0, 0.05) is 29.6 Å². The maximum Gasteiger partial charge on any atom is 0.271 e. The number of carbonyl (C=O) groups is 1. The number of nitrogens with zero attached hydrogens (tertiary/aromatic N) is 1. The lowest BCUT2D eigenvalue weighted by Crippen LogP contribution is -2.41. The molecule has 0 spiro atoms. The van der Waals surface area contributed by atoms with Gasteiger partial charge in [-0.05, 0) is 62.1 Å². The smallest absolute Gasteiger partial charge is 0.271 e. The first kappa shape index (κ1) is 19.3. The molecule has 2 aliphatic rings. The summed E-state index contributed by atoms with van der Waals surface area (Å²) in [7, 11) is -3.66. The number of nitrogens with one attached hydrogen (secondary N) is 1. The van der Waals surface area contributed by atoms with E-state index in [4.69, 9.17) is 4.74 Å². The molecule has 8 heteroatoms. The van der Waals surface area contributed by atoms with E-state index in [2.05, 4.69) is 4.72 Å². The maximum absolute atomic E-state index is 12.8. The van der Waals surface area contributed by atoms with E-state index in [1.807, 2.05) is 11.8 Å². The average Bonchev–Trinajstić information content (AvgIpc) is 3.06.